The van der Waals surface area contributed by atoms with E-state index in [1.807, 2.05) is 0 Å². The third kappa shape index (κ3) is 6.12. The fraction of sp³-hybridized carbons (Fsp3) is 1.00. The van der Waals surface area contributed by atoms with Gasteiger partial charge < -0.3 is 4.74 Å². The molecule has 0 amide bonds. The van der Waals surface area contributed by atoms with Gasteiger partial charge in [-0.1, -0.05) is 0 Å². The standard InChI is InChI=1S/C9H9F9O2.C8H6F10O3/c1-4(10,11)7(13,14)8(15)5(2,12)19-6(3,20-8)9(16,17)18;1-3(9,10)5(11,12)6(13)4(2,19-7(14,15)16)20-8(17,18)21-6/h1-3H3;1-2H3/t5?,6-,8?;/m0./s1. The summed E-state index contributed by atoms with van der Waals surface area (Å²) in [5.41, 5.74) is 0. The van der Waals surface area contributed by atoms with E-state index in [1.54, 1.807) is 0 Å². The highest BCUT2D eigenvalue weighted by Gasteiger charge is 2.86. The molecule has 2 aliphatic rings. The summed E-state index contributed by atoms with van der Waals surface area (Å²) in [4.78, 5) is 0. The van der Waals surface area contributed by atoms with Gasteiger partial charge in [0.05, 0.1) is 0 Å². The molecule has 0 aromatic rings. The van der Waals surface area contributed by atoms with Crippen molar-refractivity contribution in [1.29, 1.82) is 0 Å². The minimum absolute atomic E-state index is 0.101. The number of halogens is 19. The number of rotatable bonds is 5. The van der Waals surface area contributed by atoms with E-state index >= 15 is 0 Å². The summed E-state index contributed by atoms with van der Waals surface area (Å²) in [6.07, 6.45) is -17.0. The minimum atomic E-state index is -6.14. The van der Waals surface area contributed by atoms with Gasteiger partial charge in [-0.25, -0.2) is 9.13 Å². The Labute approximate surface area is 214 Å². The van der Waals surface area contributed by atoms with Crippen LogP contribution in [-0.4, -0.2) is 71.7 Å². The molecule has 2 aliphatic heterocycles. The van der Waals surface area contributed by atoms with Crippen LogP contribution in [0, 0.1) is 0 Å². The molecule has 0 aromatic carbocycles. The average molecular weight is 660 g/mol. The third-order valence-corrected chi connectivity index (χ3v) is 5.19. The van der Waals surface area contributed by atoms with Crippen LogP contribution in [0.5, 0.6) is 0 Å². The molecule has 5 atom stereocenters. The third-order valence-electron chi connectivity index (χ3n) is 5.19. The van der Waals surface area contributed by atoms with E-state index in [9.17, 15) is 83.4 Å². The maximum atomic E-state index is 14.0. The average Bonchev–Trinajstić information content (AvgIpc) is 2.94. The SMILES string of the molecule is CC(F)(F)C(F)(F)C1(F)OC(F)(F)OC1(C)OC(F)(F)F.CC(F)(F)C(F)(F)C1(F)O[C@@](C)(C(F)(F)F)OC1(C)F. The largest absolute Gasteiger partial charge is 0.525 e. The van der Waals surface area contributed by atoms with Gasteiger partial charge in [0.1, 0.15) is 0 Å². The van der Waals surface area contributed by atoms with Crippen LogP contribution in [0.2, 0.25) is 0 Å². The molecule has 0 aromatic heterocycles. The lowest BCUT2D eigenvalue weighted by Gasteiger charge is -2.39. The van der Waals surface area contributed by atoms with Crippen LogP contribution in [0.3, 0.4) is 0 Å². The van der Waals surface area contributed by atoms with Crippen molar-refractivity contribution in [1.82, 2.24) is 0 Å². The number of hydrogen-bond donors (Lipinski definition) is 0. The highest BCUT2D eigenvalue weighted by atomic mass is 19.4. The van der Waals surface area contributed by atoms with Crippen molar-refractivity contribution >= 4 is 0 Å². The topological polar surface area (TPSA) is 46.2 Å². The van der Waals surface area contributed by atoms with Crippen molar-refractivity contribution in [3.05, 3.63) is 0 Å². The summed E-state index contributed by atoms with van der Waals surface area (Å²) in [5.74, 6) is -46.8. The Morgan fingerprint density at radius 2 is 0.878 bits per heavy atom. The van der Waals surface area contributed by atoms with Crippen molar-refractivity contribution in [2.24, 2.45) is 0 Å². The molecule has 0 aliphatic carbocycles. The molecule has 41 heavy (non-hydrogen) atoms. The van der Waals surface area contributed by atoms with E-state index in [-0.39, 0.29) is 20.8 Å². The van der Waals surface area contributed by atoms with Crippen molar-refractivity contribution in [2.45, 2.75) is 106 Å². The summed E-state index contributed by atoms with van der Waals surface area (Å²) in [5, 5.41) is 0. The lowest BCUT2D eigenvalue weighted by atomic mass is 9.97. The predicted octanol–water partition coefficient (Wildman–Crippen LogP) is 7.75. The van der Waals surface area contributed by atoms with Crippen molar-refractivity contribution < 1.29 is 107 Å². The Bertz CT molecular complexity index is 969. The zero-order valence-corrected chi connectivity index (χ0v) is 20.2. The number of ether oxygens (including phenoxy) is 5. The van der Waals surface area contributed by atoms with Crippen LogP contribution >= 0.6 is 0 Å². The quantitative estimate of drug-likeness (QED) is 0.283. The second kappa shape index (κ2) is 9.48. The molecule has 2 heterocycles. The van der Waals surface area contributed by atoms with Crippen LogP contribution in [0.1, 0.15) is 34.6 Å². The lowest BCUT2D eigenvalue weighted by Crippen LogP contribution is -2.66. The zero-order chi connectivity index (χ0) is 33.5. The van der Waals surface area contributed by atoms with Gasteiger partial charge in [0.25, 0.3) is 11.6 Å². The van der Waals surface area contributed by atoms with Crippen molar-refractivity contribution in [2.75, 3.05) is 0 Å². The molecule has 5 nitrogen and oxygen atoms in total. The molecule has 2 fully saturated rings. The van der Waals surface area contributed by atoms with E-state index < -0.39 is 85.5 Å². The van der Waals surface area contributed by atoms with Crippen molar-refractivity contribution in [3.8, 4) is 0 Å². The van der Waals surface area contributed by atoms with E-state index in [0.29, 0.717) is 0 Å². The van der Waals surface area contributed by atoms with E-state index in [4.69, 9.17) is 0 Å². The van der Waals surface area contributed by atoms with Gasteiger partial charge in [-0.3, -0.25) is 14.2 Å². The fourth-order valence-corrected chi connectivity index (χ4v) is 3.06. The molecule has 0 bridgehead atoms. The van der Waals surface area contributed by atoms with Gasteiger partial charge in [-0.05, 0) is 13.8 Å². The first-order chi connectivity index (χ1) is 17.3. The van der Waals surface area contributed by atoms with Crippen LogP contribution in [-0.2, 0) is 23.7 Å². The number of hydrogen-bond acceptors (Lipinski definition) is 5. The van der Waals surface area contributed by atoms with Gasteiger partial charge in [0.15, 0.2) is 0 Å². The molecule has 0 radical (unpaired) electrons. The molecule has 2 rings (SSSR count). The van der Waals surface area contributed by atoms with Crippen LogP contribution in [0.4, 0.5) is 83.4 Å². The monoisotopic (exact) mass is 660 g/mol. The lowest BCUT2D eigenvalue weighted by molar-refractivity contribution is -0.460. The van der Waals surface area contributed by atoms with Gasteiger partial charge in [0, 0.05) is 20.8 Å². The highest BCUT2D eigenvalue weighted by Crippen LogP contribution is 2.61. The molecule has 0 N–H and O–H groups in total. The summed E-state index contributed by atoms with van der Waals surface area (Å²) in [7, 11) is 0. The first kappa shape index (κ1) is 37.5. The zero-order valence-electron chi connectivity index (χ0n) is 20.2. The molecule has 246 valence electrons. The van der Waals surface area contributed by atoms with Gasteiger partial charge in [-0.15, -0.1) is 22.0 Å². The van der Waals surface area contributed by atoms with Crippen LogP contribution < -0.4 is 0 Å². The van der Waals surface area contributed by atoms with Gasteiger partial charge in [-0.2, -0.15) is 57.1 Å². The molecule has 4 unspecified atom stereocenters. The van der Waals surface area contributed by atoms with E-state index in [2.05, 4.69) is 23.7 Å². The predicted molar refractivity (Wildman–Crippen MR) is 87.6 cm³/mol. The first-order valence-electron chi connectivity index (χ1n) is 9.88. The second-order valence-corrected chi connectivity index (χ2v) is 8.84. The number of alkyl halides is 19. The summed E-state index contributed by atoms with van der Waals surface area (Å²) in [6.45, 7) is -1.76. The molecule has 24 heteroatoms. The Kier molecular flexibility index (Phi) is 8.67. The summed E-state index contributed by atoms with van der Waals surface area (Å²) >= 11 is 0. The Balaban J connectivity index is 0.000000410. The Hall–Kier alpha value is -1.53. The highest BCUT2D eigenvalue weighted by molar-refractivity contribution is 5.08. The fourth-order valence-electron chi connectivity index (χ4n) is 3.06. The molecule has 2 saturated heterocycles. The molecule has 0 spiro atoms. The van der Waals surface area contributed by atoms with Gasteiger partial charge >= 0.3 is 54.2 Å². The van der Waals surface area contributed by atoms with Crippen LogP contribution in [0.25, 0.3) is 0 Å². The maximum absolute atomic E-state index is 14.0. The van der Waals surface area contributed by atoms with Crippen molar-refractivity contribution in [3.63, 3.8) is 0 Å². The normalized spacial score (nSPS) is 37.2. The smallest absolute Gasteiger partial charge is 0.300 e. The Morgan fingerprint density at radius 1 is 0.512 bits per heavy atom. The van der Waals surface area contributed by atoms with Gasteiger partial charge in [0.2, 0.25) is 5.79 Å². The van der Waals surface area contributed by atoms with Crippen LogP contribution in [0.15, 0.2) is 0 Å². The second-order valence-electron chi connectivity index (χ2n) is 8.84. The van der Waals surface area contributed by atoms with E-state index in [0.717, 1.165) is 0 Å². The first-order valence-corrected chi connectivity index (χ1v) is 9.88. The molecular formula is C17H15F19O5. The Morgan fingerprint density at radius 3 is 1.17 bits per heavy atom. The van der Waals surface area contributed by atoms with E-state index in [1.165, 1.54) is 0 Å². The summed E-state index contributed by atoms with van der Waals surface area (Å²) in [6, 6.07) is 0. The maximum Gasteiger partial charge on any atom is 0.525 e. The molecular weight excluding hydrogens is 645 g/mol. The minimum Gasteiger partial charge on any atom is -0.300 e. The summed E-state index contributed by atoms with van der Waals surface area (Å²) < 4.78 is 260. The molecule has 0 saturated carbocycles.